The fourth-order valence-electron chi connectivity index (χ4n) is 3.98. The molecule has 0 aromatic heterocycles. The van der Waals surface area contributed by atoms with Gasteiger partial charge in [0, 0.05) is 18.7 Å². The molecule has 4 nitrogen and oxygen atoms in total. The number of hydrogen-bond acceptors (Lipinski definition) is 3. The molecular weight excluding hydrogens is 324 g/mol. The van der Waals surface area contributed by atoms with Gasteiger partial charge in [-0.05, 0) is 31.4 Å². The summed E-state index contributed by atoms with van der Waals surface area (Å²) in [5.41, 5.74) is 0.812. The number of fused-ring (bicyclic) bond motifs is 1. The average molecular weight is 351 g/mol. The minimum atomic E-state index is -0.199. The second-order valence-corrected chi connectivity index (χ2v) is 6.62. The summed E-state index contributed by atoms with van der Waals surface area (Å²) in [6, 6.07) is 7.85. The lowest BCUT2D eigenvalue weighted by Gasteiger charge is -2.37. The van der Waals surface area contributed by atoms with Gasteiger partial charge in [0.05, 0.1) is 5.41 Å². The Balaban J connectivity index is 0.00000208. The average Bonchev–Trinajstić information content (AvgIpc) is 3.03. The summed E-state index contributed by atoms with van der Waals surface area (Å²) in [6.07, 6.45) is 6.31. The van der Waals surface area contributed by atoms with E-state index in [4.69, 9.17) is 4.74 Å². The Labute approximate surface area is 150 Å². The summed E-state index contributed by atoms with van der Waals surface area (Å²) in [5, 5.41) is 6.59. The van der Waals surface area contributed by atoms with Gasteiger partial charge in [0.25, 0.3) is 0 Å². The molecule has 1 saturated heterocycles. The van der Waals surface area contributed by atoms with Crippen LogP contribution in [0.3, 0.4) is 0 Å². The van der Waals surface area contributed by atoms with Gasteiger partial charge >= 0.3 is 0 Å². The SMILES string of the molecule is C=CCOc1ccccc1CNC(=O)[C@@]12CCCC[C@H]1CNC2.Cl. The van der Waals surface area contributed by atoms with Crippen LogP contribution in [-0.2, 0) is 11.3 Å². The number of para-hydroxylation sites is 1. The van der Waals surface area contributed by atoms with Crippen molar-refractivity contribution in [3.05, 3.63) is 42.5 Å². The molecule has 2 fully saturated rings. The molecule has 132 valence electrons. The molecule has 1 heterocycles. The molecule has 5 heteroatoms. The van der Waals surface area contributed by atoms with E-state index in [1.807, 2.05) is 24.3 Å². The molecule has 2 atom stereocenters. The maximum absolute atomic E-state index is 12.9. The van der Waals surface area contributed by atoms with Gasteiger partial charge in [-0.15, -0.1) is 12.4 Å². The van der Waals surface area contributed by atoms with Crippen molar-refractivity contribution in [3.63, 3.8) is 0 Å². The van der Waals surface area contributed by atoms with Crippen molar-refractivity contribution in [3.8, 4) is 5.75 Å². The minimum absolute atomic E-state index is 0. The number of nitrogens with one attached hydrogen (secondary N) is 2. The maximum Gasteiger partial charge on any atom is 0.228 e. The lowest BCUT2D eigenvalue weighted by atomic mass is 9.67. The number of ether oxygens (including phenoxy) is 1. The maximum atomic E-state index is 12.9. The van der Waals surface area contributed by atoms with Gasteiger partial charge < -0.3 is 15.4 Å². The van der Waals surface area contributed by atoms with Crippen molar-refractivity contribution in [1.82, 2.24) is 10.6 Å². The van der Waals surface area contributed by atoms with E-state index < -0.39 is 0 Å². The van der Waals surface area contributed by atoms with Crippen molar-refractivity contribution in [2.75, 3.05) is 19.7 Å². The second kappa shape index (κ2) is 8.54. The summed E-state index contributed by atoms with van der Waals surface area (Å²) in [4.78, 5) is 12.9. The number of hydrogen-bond donors (Lipinski definition) is 2. The Morgan fingerprint density at radius 3 is 3.08 bits per heavy atom. The van der Waals surface area contributed by atoms with Crippen LogP contribution in [0.5, 0.6) is 5.75 Å². The Bertz CT molecular complexity index is 578. The number of carbonyl (C=O) groups excluding carboxylic acids is 1. The molecule has 0 unspecified atom stereocenters. The zero-order valence-corrected chi connectivity index (χ0v) is 14.9. The molecule has 1 saturated carbocycles. The fraction of sp³-hybridized carbons (Fsp3) is 0.526. The van der Waals surface area contributed by atoms with E-state index in [2.05, 4.69) is 17.2 Å². The quantitative estimate of drug-likeness (QED) is 0.775. The molecule has 1 aliphatic carbocycles. The summed E-state index contributed by atoms with van der Waals surface area (Å²) in [7, 11) is 0. The van der Waals surface area contributed by atoms with Gasteiger partial charge in [-0.25, -0.2) is 0 Å². The van der Waals surface area contributed by atoms with Gasteiger partial charge in [-0.1, -0.05) is 43.7 Å². The first-order valence-corrected chi connectivity index (χ1v) is 8.57. The van der Waals surface area contributed by atoms with E-state index in [1.165, 1.54) is 12.8 Å². The van der Waals surface area contributed by atoms with Crippen LogP contribution in [-0.4, -0.2) is 25.6 Å². The van der Waals surface area contributed by atoms with Gasteiger partial charge in [-0.3, -0.25) is 4.79 Å². The number of amides is 1. The zero-order chi connectivity index (χ0) is 16.1. The Morgan fingerprint density at radius 2 is 2.25 bits per heavy atom. The third-order valence-electron chi connectivity index (χ3n) is 5.26. The lowest BCUT2D eigenvalue weighted by Crippen LogP contribution is -2.47. The molecule has 1 amide bonds. The first kappa shape index (κ1) is 18.8. The number of halogens is 1. The number of carbonyl (C=O) groups is 1. The highest BCUT2D eigenvalue weighted by Gasteiger charge is 2.49. The van der Waals surface area contributed by atoms with Crippen molar-refractivity contribution >= 4 is 18.3 Å². The van der Waals surface area contributed by atoms with Gasteiger partial charge in [-0.2, -0.15) is 0 Å². The van der Waals surface area contributed by atoms with Crippen LogP contribution >= 0.6 is 12.4 Å². The Hall–Kier alpha value is -1.52. The number of rotatable bonds is 6. The van der Waals surface area contributed by atoms with Crippen LogP contribution in [0.2, 0.25) is 0 Å². The van der Waals surface area contributed by atoms with E-state index in [-0.39, 0.29) is 23.7 Å². The highest BCUT2D eigenvalue weighted by atomic mass is 35.5. The van der Waals surface area contributed by atoms with Gasteiger partial charge in [0.15, 0.2) is 0 Å². The Kier molecular flexibility index (Phi) is 6.69. The summed E-state index contributed by atoms with van der Waals surface area (Å²) in [6.45, 7) is 6.46. The van der Waals surface area contributed by atoms with E-state index >= 15 is 0 Å². The molecular formula is C19H27ClN2O2. The third-order valence-corrected chi connectivity index (χ3v) is 5.26. The highest BCUT2D eigenvalue weighted by Crippen LogP contribution is 2.43. The van der Waals surface area contributed by atoms with E-state index in [1.54, 1.807) is 6.08 Å². The van der Waals surface area contributed by atoms with E-state index in [9.17, 15) is 4.79 Å². The first-order chi connectivity index (χ1) is 11.3. The highest BCUT2D eigenvalue weighted by molar-refractivity contribution is 5.85. The topological polar surface area (TPSA) is 50.4 Å². The minimum Gasteiger partial charge on any atom is -0.489 e. The summed E-state index contributed by atoms with van der Waals surface area (Å²) >= 11 is 0. The van der Waals surface area contributed by atoms with Crippen LogP contribution < -0.4 is 15.4 Å². The van der Waals surface area contributed by atoms with Crippen LogP contribution in [0.1, 0.15) is 31.2 Å². The molecule has 1 aromatic carbocycles. The summed E-state index contributed by atoms with van der Waals surface area (Å²) < 4.78 is 5.67. The normalized spacial score (nSPS) is 25.2. The van der Waals surface area contributed by atoms with Crippen LogP contribution in [0.4, 0.5) is 0 Å². The van der Waals surface area contributed by atoms with Crippen molar-refractivity contribution in [2.24, 2.45) is 11.3 Å². The molecule has 2 N–H and O–H groups in total. The van der Waals surface area contributed by atoms with Gasteiger partial charge in [0.1, 0.15) is 12.4 Å². The Morgan fingerprint density at radius 1 is 1.42 bits per heavy atom. The summed E-state index contributed by atoms with van der Waals surface area (Å²) in [5.74, 6) is 1.50. The molecule has 0 radical (unpaired) electrons. The van der Waals surface area contributed by atoms with Crippen molar-refractivity contribution in [2.45, 2.75) is 32.2 Å². The van der Waals surface area contributed by atoms with E-state index in [0.29, 0.717) is 19.1 Å². The van der Waals surface area contributed by atoms with E-state index in [0.717, 1.165) is 37.2 Å². The van der Waals surface area contributed by atoms with Crippen LogP contribution in [0.15, 0.2) is 36.9 Å². The monoisotopic (exact) mass is 350 g/mol. The predicted octanol–water partition coefficient (Wildman–Crippen LogP) is 3.07. The number of benzene rings is 1. The largest absolute Gasteiger partial charge is 0.489 e. The molecule has 1 aliphatic heterocycles. The van der Waals surface area contributed by atoms with Crippen LogP contribution in [0.25, 0.3) is 0 Å². The fourth-order valence-corrected chi connectivity index (χ4v) is 3.98. The first-order valence-electron chi connectivity index (χ1n) is 8.57. The molecule has 3 rings (SSSR count). The predicted molar refractivity (Wildman–Crippen MR) is 98.5 cm³/mol. The standard InChI is InChI=1S/C19H26N2O2.ClH/c1-2-11-23-17-9-4-3-7-15(17)12-21-18(22)19-10-6-5-8-16(19)13-20-14-19;/h2-4,7,9,16,20H,1,5-6,8,10-14H2,(H,21,22);1H/t16-,19+;/m0./s1. The molecule has 0 spiro atoms. The van der Waals surface area contributed by atoms with Crippen molar-refractivity contribution < 1.29 is 9.53 Å². The lowest BCUT2D eigenvalue weighted by molar-refractivity contribution is -0.134. The smallest absolute Gasteiger partial charge is 0.228 e. The zero-order valence-electron chi connectivity index (χ0n) is 14.1. The van der Waals surface area contributed by atoms with Crippen LogP contribution in [0, 0.1) is 11.3 Å². The molecule has 2 aliphatic rings. The van der Waals surface area contributed by atoms with Gasteiger partial charge in [0.2, 0.25) is 5.91 Å². The van der Waals surface area contributed by atoms with Crippen molar-refractivity contribution in [1.29, 1.82) is 0 Å². The molecule has 0 bridgehead atoms. The third kappa shape index (κ3) is 3.76. The molecule has 1 aromatic rings. The second-order valence-electron chi connectivity index (χ2n) is 6.62. The molecule has 24 heavy (non-hydrogen) atoms.